The minimum absolute atomic E-state index is 0.111. The summed E-state index contributed by atoms with van der Waals surface area (Å²) in [5.41, 5.74) is 3.01. The molecule has 0 unspecified atom stereocenters. The number of carbonyl (C=O) groups excluding carboxylic acids is 2. The van der Waals surface area contributed by atoms with E-state index < -0.39 is 10.0 Å². The van der Waals surface area contributed by atoms with Crippen LogP contribution in [-0.2, 0) is 26.2 Å². The van der Waals surface area contributed by atoms with Crippen LogP contribution >= 0.6 is 0 Å². The molecule has 174 valence electrons. The maximum atomic E-state index is 13.1. The van der Waals surface area contributed by atoms with Crippen LogP contribution in [0.1, 0.15) is 29.5 Å². The van der Waals surface area contributed by atoms with E-state index in [2.05, 4.69) is 5.10 Å². The normalized spacial score (nSPS) is 17.8. The van der Waals surface area contributed by atoms with E-state index >= 15 is 0 Å². The van der Waals surface area contributed by atoms with Gasteiger partial charge in [-0.05, 0) is 31.0 Å². The number of rotatable bonds is 5. The van der Waals surface area contributed by atoms with Gasteiger partial charge in [-0.25, -0.2) is 13.4 Å². The smallest absolute Gasteiger partial charge is 0.270 e. The van der Waals surface area contributed by atoms with Crippen LogP contribution in [0.4, 0.5) is 0 Å². The monoisotopic (exact) mass is 468 g/mol. The molecule has 33 heavy (non-hydrogen) atoms. The summed E-state index contributed by atoms with van der Waals surface area (Å²) in [6, 6.07) is 14.8. The molecule has 2 amide bonds. The van der Waals surface area contributed by atoms with Crippen LogP contribution < -0.4 is 0 Å². The highest BCUT2D eigenvalue weighted by molar-refractivity contribution is 7.89. The first-order valence-corrected chi connectivity index (χ1v) is 12.5. The van der Waals surface area contributed by atoms with Gasteiger partial charge in [-0.15, -0.1) is 0 Å². The Morgan fingerprint density at radius 2 is 1.67 bits per heavy atom. The number of nitrogens with zero attached hydrogens (tertiary/aromatic N) is 4. The number of hydrogen-bond donors (Lipinski definition) is 0. The van der Waals surface area contributed by atoms with Gasteiger partial charge in [0.15, 0.2) is 0 Å². The Kier molecular flexibility index (Phi) is 6.62. The van der Waals surface area contributed by atoms with Gasteiger partial charge in [-0.2, -0.15) is 9.41 Å². The van der Waals surface area contributed by atoms with Crippen molar-refractivity contribution < 1.29 is 18.0 Å². The summed E-state index contributed by atoms with van der Waals surface area (Å²) in [5.74, 6) is -0.344. The van der Waals surface area contributed by atoms with Crippen LogP contribution in [0.2, 0.25) is 0 Å². The van der Waals surface area contributed by atoms with E-state index in [4.69, 9.17) is 0 Å². The quantitative estimate of drug-likeness (QED) is 0.674. The van der Waals surface area contributed by atoms with Crippen molar-refractivity contribution in [3.8, 4) is 0 Å². The zero-order valence-corrected chi connectivity index (χ0v) is 19.7. The first kappa shape index (κ1) is 23.1. The minimum atomic E-state index is -3.62. The molecule has 0 aliphatic carbocycles. The molecule has 2 aromatic carbocycles. The van der Waals surface area contributed by atoms with Crippen molar-refractivity contribution in [3.05, 3.63) is 65.2 Å². The maximum Gasteiger partial charge on any atom is 0.270 e. The van der Waals surface area contributed by atoms with Gasteiger partial charge in [-0.1, -0.05) is 48.0 Å². The Morgan fingerprint density at radius 3 is 2.33 bits per heavy atom. The highest BCUT2D eigenvalue weighted by Crippen LogP contribution is 2.23. The lowest BCUT2D eigenvalue weighted by atomic mass is 10.1. The van der Waals surface area contributed by atoms with Crippen molar-refractivity contribution in [2.45, 2.75) is 38.1 Å². The van der Waals surface area contributed by atoms with Crippen molar-refractivity contribution in [2.75, 3.05) is 26.2 Å². The molecule has 0 bridgehead atoms. The molecule has 4 rings (SSSR count). The summed E-state index contributed by atoms with van der Waals surface area (Å²) in [7, 11) is -3.62. The van der Waals surface area contributed by atoms with E-state index in [1.807, 2.05) is 43.3 Å². The molecule has 0 atom stereocenters. The predicted molar refractivity (Wildman–Crippen MR) is 125 cm³/mol. The van der Waals surface area contributed by atoms with Crippen molar-refractivity contribution in [1.82, 2.24) is 14.2 Å². The summed E-state index contributed by atoms with van der Waals surface area (Å²) >= 11 is 0. The topological polar surface area (TPSA) is 90.4 Å². The van der Waals surface area contributed by atoms with Gasteiger partial charge in [0.05, 0.1) is 11.4 Å². The highest BCUT2D eigenvalue weighted by atomic mass is 32.2. The second kappa shape index (κ2) is 9.44. The molecule has 8 nitrogen and oxygen atoms in total. The van der Waals surface area contributed by atoms with Gasteiger partial charge in [0.1, 0.15) is 5.71 Å². The van der Waals surface area contributed by atoms with Gasteiger partial charge in [0.2, 0.25) is 15.9 Å². The van der Waals surface area contributed by atoms with E-state index in [1.165, 1.54) is 9.31 Å². The van der Waals surface area contributed by atoms with Crippen LogP contribution in [0.25, 0.3) is 0 Å². The van der Waals surface area contributed by atoms with E-state index in [0.29, 0.717) is 29.1 Å². The summed E-state index contributed by atoms with van der Waals surface area (Å²) in [6.45, 7) is 5.06. The van der Waals surface area contributed by atoms with E-state index in [9.17, 15) is 18.0 Å². The van der Waals surface area contributed by atoms with Crippen LogP contribution in [0.3, 0.4) is 0 Å². The van der Waals surface area contributed by atoms with E-state index in [1.54, 1.807) is 24.0 Å². The van der Waals surface area contributed by atoms with Crippen molar-refractivity contribution in [2.24, 2.45) is 5.10 Å². The molecule has 0 aromatic heterocycles. The number of piperazine rings is 1. The van der Waals surface area contributed by atoms with Crippen LogP contribution in [0.15, 0.2) is 58.5 Å². The average molecular weight is 469 g/mol. The molecule has 0 saturated carbocycles. The van der Waals surface area contributed by atoms with Gasteiger partial charge >= 0.3 is 0 Å². The fourth-order valence-corrected chi connectivity index (χ4v) is 5.81. The number of hydrazone groups is 1. The molecule has 2 aromatic rings. The first-order chi connectivity index (χ1) is 15.8. The van der Waals surface area contributed by atoms with Crippen molar-refractivity contribution >= 4 is 27.5 Å². The fraction of sp³-hybridized carbons (Fsp3) is 0.375. The molecule has 0 N–H and O–H groups in total. The molecule has 2 aliphatic rings. The summed E-state index contributed by atoms with van der Waals surface area (Å²) in [6.07, 6.45) is 0.530. The summed E-state index contributed by atoms with van der Waals surface area (Å²) in [5, 5.41) is 5.70. The van der Waals surface area contributed by atoms with E-state index in [0.717, 1.165) is 11.1 Å². The third-order valence-electron chi connectivity index (χ3n) is 6.00. The number of amides is 2. The Morgan fingerprint density at radius 1 is 0.970 bits per heavy atom. The molecule has 0 spiro atoms. The molecule has 0 radical (unpaired) electrons. The second-order valence-corrected chi connectivity index (χ2v) is 10.4. The van der Waals surface area contributed by atoms with Crippen LogP contribution in [-0.4, -0.2) is 66.3 Å². The zero-order chi connectivity index (χ0) is 23.6. The molecule has 2 aliphatic heterocycles. The second-order valence-electron chi connectivity index (χ2n) is 8.45. The van der Waals surface area contributed by atoms with Gasteiger partial charge in [0, 0.05) is 39.0 Å². The predicted octanol–water partition coefficient (Wildman–Crippen LogP) is 2.31. The molecular formula is C24H28N4O4S. The molecule has 1 saturated heterocycles. The minimum Gasteiger partial charge on any atom is -0.335 e. The average Bonchev–Trinajstić information content (AvgIpc) is 2.80. The standard InChI is InChI=1S/C24H28N4O4S/c1-18-8-10-22(19(2)16-18)33(31,32)27-14-12-26(13-15-27)24(30)21-9-11-23(29)28(25-21)17-20-6-4-3-5-7-20/h3-8,10,16H,9,11-15,17H2,1-2H3. The molecule has 9 heteroatoms. The lowest BCUT2D eigenvalue weighted by molar-refractivity contribution is -0.132. The maximum absolute atomic E-state index is 13.1. The third kappa shape index (κ3) is 4.99. The Bertz CT molecular complexity index is 1190. The molecule has 2 heterocycles. The number of aryl methyl sites for hydroxylation is 2. The van der Waals surface area contributed by atoms with E-state index in [-0.39, 0.29) is 44.4 Å². The SMILES string of the molecule is Cc1ccc(S(=O)(=O)N2CCN(C(=O)C3=NN(Cc4ccccc4)C(=O)CC3)CC2)c(C)c1. The fourth-order valence-electron chi connectivity index (χ4n) is 4.18. The first-order valence-electron chi connectivity index (χ1n) is 11.0. The van der Waals surface area contributed by atoms with Gasteiger partial charge in [0.25, 0.3) is 5.91 Å². The van der Waals surface area contributed by atoms with Crippen LogP contribution in [0.5, 0.6) is 0 Å². The summed E-state index contributed by atoms with van der Waals surface area (Å²) in [4.78, 5) is 27.3. The largest absolute Gasteiger partial charge is 0.335 e. The van der Waals surface area contributed by atoms with Crippen molar-refractivity contribution in [3.63, 3.8) is 0 Å². The number of sulfonamides is 1. The number of carbonyl (C=O) groups is 2. The lowest BCUT2D eigenvalue weighted by Crippen LogP contribution is -2.52. The van der Waals surface area contributed by atoms with Gasteiger partial charge < -0.3 is 4.90 Å². The molecular weight excluding hydrogens is 440 g/mol. The van der Waals surface area contributed by atoms with Gasteiger partial charge in [-0.3, -0.25) is 9.59 Å². The third-order valence-corrected chi connectivity index (χ3v) is 8.06. The highest BCUT2D eigenvalue weighted by Gasteiger charge is 2.33. The zero-order valence-electron chi connectivity index (χ0n) is 18.9. The lowest BCUT2D eigenvalue weighted by Gasteiger charge is -2.35. The Balaban J connectivity index is 1.42. The Labute approximate surface area is 194 Å². The summed E-state index contributed by atoms with van der Waals surface area (Å²) < 4.78 is 27.6. The number of benzene rings is 2. The Hall–Kier alpha value is -3.04. The van der Waals surface area contributed by atoms with Crippen molar-refractivity contribution in [1.29, 1.82) is 0 Å². The molecule has 1 fully saturated rings. The van der Waals surface area contributed by atoms with Crippen LogP contribution in [0, 0.1) is 13.8 Å². The number of hydrogen-bond acceptors (Lipinski definition) is 5.